The minimum Gasteiger partial charge on any atom is -0.357 e. The maximum atomic E-state index is 3.68. The van der Waals surface area contributed by atoms with Gasteiger partial charge in [0, 0.05) is 15.6 Å². The van der Waals surface area contributed by atoms with Gasteiger partial charge in [-0.05, 0) is 59.7 Å². The van der Waals surface area contributed by atoms with Crippen molar-refractivity contribution < 1.29 is 0 Å². The highest BCUT2D eigenvalue weighted by Crippen LogP contribution is 2.34. The van der Waals surface area contributed by atoms with Gasteiger partial charge in [-0.3, -0.25) is 0 Å². The van der Waals surface area contributed by atoms with E-state index in [0.29, 0.717) is 0 Å². The number of aromatic nitrogens is 1. The van der Waals surface area contributed by atoms with Crippen LogP contribution >= 0.6 is 15.9 Å². The highest BCUT2D eigenvalue weighted by atomic mass is 79.9. The summed E-state index contributed by atoms with van der Waals surface area (Å²) in [6.45, 7) is 2.14. The van der Waals surface area contributed by atoms with Gasteiger partial charge in [0.2, 0.25) is 0 Å². The van der Waals surface area contributed by atoms with E-state index in [1.54, 1.807) is 5.56 Å². The van der Waals surface area contributed by atoms with Crippen molar-refractivity contribution in [3.63, 3.8) is 0 Å². The molecule has 0 amide bonds. The number of hydrogen-bond donors (Lipinski definition) is 1. The molecule has 1 N–H and O–H groups in total. The summed E-state index contributed by atoms with van der Waals surface area (Å²) in [5.74, 6) is 0. The van der Waals surface area contributed by atoms with Crippen molar-refractivity contribution in [3.05, 3.63) is 33.4 Å². The number of benzene rings is 1. The minimum atomic E-state index is 1.22. The fourth-order valence-electron chi connectivity index (χ4n) is 2.55. The number of H-pyrrole nitrogens is 1. The predicted octanol–water partition coefficient (Wildman–Crippen LogP) is 4.12. The van der Waals surface area contributed by atoms with Crippen LogP contribution in [-0.2, 0) is 12.8 Å². The standard InChI is InChI=1S/C13H14BrN/c1-8-6-7-10-9-4-2-3-5-11(9)15-13(10)12(8)14/h6-7,15H,2-5H2,1H3. The summed E-state index contributed by atoms with van der Waals surface area (Å²) in [5.41, 5.74) is 5.61. The van der Waals surface area contributed by atoms with Crippen LogP contribution in [0.25, 0.3) is 10.9 Å². The monoisotopic (exact) mass is 263 g/mol. The zero-order chi connectivity index (χ0) is 10.4. The molecule has 0 saturated heterocycles. The molecule has 1 aliphatic carbocycles. The van der Waals surface area contributed by atoms with E-state index in [1.807, 2.05) is 0 Å². The van der Waals surface area contributed by atoms with E-state index in [-0.39, 0.29) is 0 Å². The van der Waals surface area contributed by atoms with Gasteiger partial charge in [-0.1, -0.05) is 12.1 Å². The van der Waals surface area contributed by atoms with Gasteiger partial charge in [-0.25, -0.2) is 0 Å². The Bertz CT molecular complexity index is 525. The van der Waals surface area contributed by atoms with Gasteiger partial charge in [0.25, 0.3) is 0 Å². The summed E-state index contributed by atoms with van der Waals surface area (Å²) in [7, 11) is 0. The molecule has 0 saturated carbocycles. The minimum absolute atomic E-state index is 1.22. The Kier molecular flexibility index (Phi) is 2.13. The topological polar surface area (TPSA) is 15.8 Å². The SMILES string of the molecule is Cc1ccc2c3c([nH]c2c1Br)CCCC3. The van der Waals surface area contributed by atoms with Crippen LogP contribution in [-0.4, -0.2) is 4.98 Å². The van der Waals surface area contributed by atoms with Gasteiger partial charge in [0.05, 0.1) is 5.52 Å². The molecular weight excluding hydrogens is 250 g/mol. The first-order valence-electron chi connectivity index (χ1n) is 5.56. The lowest BCUT2D eigenvalue weighted by Gasteiger charge is -2.10. The summed E-state index contributed by atoms with van der Waals surface area (Å²) in [6, 6.07) is 4.46. The molecule has 0 bridgehead atoms. The summed E-state index contributed by atoms with van der Waals surface area (Å²) >= 11 is 3.68. The summed E-state index contributed by atoms with van der Waals surface area (Å²) in [5, 5.41) is 1.42. The normalized spacial score (nSPS) is 15.6. The van der Waals surface area contributed by atoms with Crippen LogP contribution in [0.3, 0.4) is 0 Å². The number of fused-ring (bicyclic) bond motifs is 3. The Morgan fingerprint density at radius 1 is 1.20 bits per heavy atom. The summed E-state index contributed by atoms with van der Waals surface area (Å²) in [4.78, 5) is 3.58. The van der Waals surface area contributed by atoms with Crippen LogP contribution in [0.1, 0.15) is 29.7 Å². The number of rotatable bonds is 0. The summed E-state index contributed by atoms with van der Waals surface area (Å²) < 4.78 is 1.23. The van der Waals surface area contributed by atoms with Gasteiger partial charge in [-0.2, -0.15) is 0 Å². The van der Waals surface area contributed by atoms with Crippen molar-refractivity contribution in [2.24, 2.45) is 0 Å². The lowest BCUT2D eigenvalue weighted by molar-refractivity contribution is 0.680. The fourth-order valence-corrected chi connectivity index (χ4v) is 2.99. The Morgan fingerprint density at radius 2 is 2.00 bits per heavy atom. The van der Waals surface area contributed by atoms with Gasteiger partial charge in [0.1, 0.15) is 0 Å². The quantitative estimate of drug-likeness (QED) is 0.736. The second-order valence-corrected chi connectivity index (χ2v) is 5.20. The molecule has 3 rings (SSSR count). The molecule has 2 heteroatoms. The molecular formula is C13H14BrN. The van der Waals surface area contributed by atoms with Crippen molar-refractivity contribution in [1.29, 1.82) is 0 Å². The van der Waals surface area contributed by atoms with Crippen molar-refractivity contribution in [2.75, 3.05) is 0 Å². The lowest BCUT2D eigenvalue weighted by Crippen LogP contribution is -1.99. The highest BCUT2D eigenvalue weighted by molar-refractivity contribution is 9.10. The average Bonchev–Trinajstić information content (AvgIpc) is 2.63. The molecule has 1 aromatic heterocycles. The van der Waals surface area contributed by atoms with E-state index in [0.717, 1.165) is 0 Å². The molecule has 0 aliphatic heterocycles. The Morgan fingerprint density at radius 3 is 2.87 bits per heavy atom. The predicted molar refractivity (Wildman–Crippen MR) is 67.4 cm³/mol. The van der Waals surface area contributed by atoms with Crippen molar-refractivity contribution in [1.82, 2.24) is 4.98 Å². The number of halogens is 1. The molecule has 0 unspecified atom stereocenters. The molecule has 1 nitrogen and oxygen atoms in total. The molecule has 0 radical (unpaired) electrons. The third kappa shape index (κ3) is 1.35. The van der Waals surface area contributed by atoms with Crippen LogP contribution in [0, 0.1) is 6.92 Å². The number of aromatic amines is 1. The van der Waals surface area contributed by atoms with Gasteiger partial charge < -0.3 is 4.98 Å². The van der Waals surface area contributed by atoms with E-state index >= 15 is 0 Å². The molecule has 0 fully saturated rings. The van der Waals surface area contributed by atoms with E-state index < -0.39 is 0 Å². The lowest BCUT2D eigenvalue weighted by atomic mass is 9.95. The molecule has 1 aliphatic rings. The van der Waals surface area contributed by atoms with E-state index in [1.165, 1.54) is 52.3 Å². The third-order valence-corrected chi connectivity index (χ3v) is 4.43. The first-order chi connectivity index (χ1) is 7.27. The molecule has 0 atom stereocenters. The van der Waals surface area contributed by atoms with Crippen molar-refractivity contribution >= 4 is 26.8 Å². The van der Waals surface area contributed by atoms with E-state index in [9.17, 15) is 0 Å². The van der Waals surface area contributed by atoms with Crippen molar-refractivity contribution in [3.8, 4) is 0 Å². The highest BCUT2D eigenvalue weighted by Gasteiger charge is 2.16. The van der Waals surface area contributed by atoms with E-state index in [2.05, 4.69) is 40.0 Å². The average molecular weight is 264 g/mol. The second kappa shape index (κ2) is 3.38. The maximum absolute atomic E-state index is 3.68. The smallest absolute Gasteiger partial charge is 0.0606 e. The van der Waals surface area contributed by atoms with Gasteiger partial charge in [-0.15, -0.1) is 0 Å². The fraction of sp³-hybridized carbons (Fsp3) is 0.385. The first kappa shape index (κ1) is 9.46. The Balaban J connectivity index is 2.36. The number of hydrogen-bond acceptors (Lipinski definition) is 0. The van der Waals surface area contributed by atoms with Crippen molar-refractivity contribution in [2.45, 2.75) is 32.6 Å². The zero-order valence-electron chi connectivity index (χ0n) is 8.86. The molecule has 15 heavy (non-hydrogen) atoms. The van der Waals surface area contributed by atoms with Crippen LogP contribution in [0.5, 0.6) is 0 Å². The maximum Gasteiger partial charge on any atom is 0.0606 e. The molecule has 78 valence electrons. The number of aryl methyl sites for hydroxylation is 3. The largest absolute Gasteiger partial charge is 0.357 e. The molecule has 2 aromatic rings. The molecule has 1 aromatic carbocycles. The zero-order valence-corrected chi connectivity index (χ0v) is 10.4. The van der Waals surface area contributed by atoms with Crippen LogP contribution < -0.4 is 0 Å². The Hall–Kier alpha value is -0.760. The van der Waals surface area contributed by atoms with Crippen LogP contribution in [0.4, 0.5) is 0 Å². The number of nitrogens with one attached hydrogen (secondary N) is 1. The Labute approximate surface area is 98.0 Å². The summed E-state index contributed by atoms with van der Waals surface area (Å²) in [6.07, 6.45) is 5.13. The molecule has 0 spiro atoms. The van der Waals surface area contributed by atoms with Gasteiger partial charge >= 0.3 is 0 Å². The van der Waals surface area contributed by atoms with E-state index in [4.69, 9.17) is 0 Å². The second-order valence-electron chi connectivity index (χ2n) is 4.41. The molecule has 1 heterocycles. The third-order valence-electron chi connectivity index (χ3n) is 3.40. The first-order valence-corrected chi connectivity index (χ1v) is 6.35. The van der Waals surface area contributed by atoms with Gasteiger partial charge in [0.15, 0.2) is 0 Å². The van der Waals surface area contributed by atoms with Crippen LogP contribution in [0.2, 0.25) is 0 Å². The van der Waals surface area contributed by atoms with Crippen LogP contribution in [0.15, 0.2) is 16.6 Å².